The van der Waals surface area contributed by atoms with Gasteiger partial charge in [0.15, 0.2) is 0 Å². The van der Waals surface area contributed by atoms with Gasteiger partial charge in [0.2, 0.25) is 5.91 Å². The van der Waals surface area contributed by atoms with E-state index in [2.05, 4.69) is 21.9 Å². The molecule has 0 aromatic heterocycles. The second kappa shape index (κ2) is 10.4. The average molecular weight is 400 g/mol. The normalized spacial score (nSPS) is 24.2. The number of piperidine rings is 2. The zero-order chi connectivity index (χ0) is 19.9. The van der Waals surface area contributed by atoms with Gasteiger partial charge in [-0.3, -0.25) is 4.79 Å². The number of nitrogens with zero attached hydrogens (tertiary/aromatic N) is 3. The van der Waals surface area contributed by atoms with E-state index in [1.807, 2.05) is 17.0 Å². The van der Waals surface area contributed by atoms with E-state index in [4.69, 9.17) is 4.74 Å². The van der Waals surface area contributed by atoms with Crippen LogP contribution >= 0.6 is 0 Å². The fourth-order valence-electron chi connectivity index (χ4n) is 5.08. The smallest absolute Gasteiger partial charge is 0.227 e. The number of ether oxygens (including phenoxy) is 1. The number of amides is 1. The van der Waals surface area contributed by atoms with Crippen molar-refractivity contribution in [2.45, 2.75) is 63.8 Å². The fourth-order valence-corrected chi connectivity index (χ4v) is 5.08. The van der Waals surface area contributed by atoms with Gasteiger partial charge in [0.05, 0.1) is 12.6 Å². The van der Waals surface area contributed by atoms with Crippen LogP contribution in [0.3, 0.4) is 0 Å². The molecule has 1 aromatic carbocycles. The summed E-state index contributed by atoms with van der Waals surface area (Å²) in [7, 11) is 0. The maximum absolute atomic E-state index is 12.5. The van der Waals surface area contributed by atoms with Crippen LogP contribution in [0.2, 0.25) is 0 Å². The molecule has 3 heterocycles. The summed E-state index contributed by atoms with van der Waals surface area (Å²) in [6.07, 6.45) is 10.7. The Kier molecular flexibility index (Phi) is 7.44. The molecule has 0 unspecified atom stereocenters. The Morgan fingerprint density at radius 1 is 0.862 bits per heavy atom. The van der Waals surface area contributed by atoms with Crippen LogP contribution in [0, 0.1) is 0 Å². The lowest BCUT2D eigenvalue weighted by molar-refractivity contribution is -0.117. The highest BCUT2D eigenvalue weighted by molar-refractivity contribution is 5.96. The van der Waals surface area contributed by atoms with Crippen LogP contribution in [0.4, 0.5) is 5.69 Å². The molecule has 1 atom stereocenters. The highest BCUT2D eigenvalue weighted by Crippen LogP contribution is 2.29. The molecule has 4 rings (SSSR count). The van der Waals surface area contributed by atoms with E-state index in [1.54, 1.807) is 0 Å². The minimum absolute atomic E-state index is 0.266. The van der Waals surface area contributed by atoms with Gasteiger partial charge < -0.3 is 19.4 Å². The summed E-state index contributed by atoms with van der Waals surface area (Å²) in [4.78, 5) is 19.7. The van der Waals surface area contributed by atoms with Crippen LogP contribution in [0.15, 0.2) is 24.3 Å². The van der Waals surface area contributed by atoms with Crippen molar-refractivity contribution in [1.82, 2.24) is 9.80 Å². The number of hydrogen-bond acceptors (Lipinski definition) is 4. The lowest BCUT2D eigenvalue weighted by Gasteiger charge is -2.33. The molecular weight excluding hydrogens is 362 g/mol. The van der Waals surface area contributed by atoms with Crippen molar-refractivity contribution in [3.05, 3.63) is 24.3 Å². The molecule has 3 fully saturated rings. The SMILES string of the molecule is O=C1CC[C@H](CN2CCCCC2)N1c1ccc(OCCCN2CCCCC2)cc1. The Morgan fingerprint density at radius 3 is 2.21 bits per heavy atom. The maximum atomic E-state index is 12.5. The lowest BCUT2D eigenvalue weighted by atomic mass is 10.1. The molecule has 5 nitrogen and oxygen atoms in total. The summed E-state index contributed by atoms with van der Waals surface area (Å²) in [5.74, 6) is 1.17. The van der Waals surface area contributed by atoms with Gasteiger partial charge in [-0.2, -0.15) is 0 Å². The summed E-state index contributed by atoms with van der Waals surface area (Å²) < 4.78 is 5.95. The average Bonchev–Trinajstić information content (AvgIpc) is 3.13. The molecule has 0 spiro atoms. The fraction of sp³-hybridized carbons (Fsp3) is 0.708. The molecule has 0 aliphatic carbocycles. The number of rotatable bonds is 8. The largest absolute Gasteiger partial charge is 0.494 e. The number of carbonyl (C=O) groups excluding carboxylic acids is 1. The number of benzene rings is 1. The van der Waals surface area contributed by atoms with Gasteiger partial charge in [0.1, 0.15) is 5.75 Å². The third-order valence-electron chi connectivity index (χ3n) is 6.69. The van der Waals surface area contributed by atoms with Crippen LogP contribution in [0.5, 0.6) is 5.75 Å². The topological polar surface area (TPSA) is 36.0 Å². The molecule has 5 heteroatoms. The maximum Gasteiger partial charge on any atom is 0.227 e. The van der Waals surface area contributed by atoms with Crippen LogP contribution in [0.1, 0.15) is 57.8 Å². The molecule has 1 amide bonds. The second-order valence-electron chi connectivity index (χ2n) is 8.92. The first-order chi connectivity index (χ1) is 14.3. The first kappa shape index (κ1) is 20.7. The molecule has 160 valence electrons. The molecule has 3 aliphatic heterocycles. The van der Waals surface area contributed by atoms with Crippen LogP contribution in [-0.4, -0.2) is 67.6 Å². The zero-order valence-corrected chi connectivity index (χ0v) is 17.9. The van der Waals surface area contributed by atoms with Crippen molar-refractivity contribution in [1.29, 1.82) is 0 Å². The lowest BCUT2D eigenvalue weighted by Crippen LogP contribution is -2.43. The summed E-state index contributed by atoms with van der Waals surface area (Å²) in [5.41, 5.74) is 1.02. The molecule has 0 saturated carbocycles. The second-order valence-corrected chi connectivity index (χ2v) is 8.92. The highest BCUT2D eigenvalue weighted by Gasteiger charge is 2.33. The predicted octanol–water partition coefficient (Wildman–Crippen LogP) is 3.92. The first-order valence-corrected chi connectivity index (χ1v) is 11.8. The Balaban J connectivity index is 1.26. The van der Waals surface area contributed by atoms with Crippen LogP contribution in [-0.2, 0) is 4.79 Å². The summed E-state index contributed by atoms with van der Waals surface area (Å²) in [5, 5.41) is 0. The van der Waals surface area contributed by atoms with Gasteiger partial charge >= 0.3 is 0 Å². The highest BCUT2D eigenvalue weighted by atomic mass is 16.5. The third kappa shape index (κ3) is 5.73. The number of likely N-dealkylation sites (tertiary alicyclic amines) is 2. The van der Waals surface area contributed by atoms with Gasteiger partial charge in [0.25, 0.3) is 0 Å². The summed E-state index contributed by atoms with van der Waals surface area (Å²) in [6, 6.07) is 8.50. The third-order valence-corrected chi connectivity index (χ3v) is 6.69. The van der Waals surface area contributed by atoms with Gasteiger partial charge in [0, 0.05) is 25.2 Å². The van der Waals surface area contributed by atoms with E-state index in [9.17, 15) is 4.79 Å². The van der Waals surface area contributed by atoms with Gasteiger partial charge in [-0.1, -0.05) is 12.8 Å². The van der Waals surface area contributed by atoms with Crippen molar-refractivity contribution in [3.63, 3.8) is 0 Å². The number of carbonyl (C=O) groups is 1. The molecule has 0 N–H and O–H groups in total. The molecule has 3 aliphatic rings. The Hall–Kier alpha value is -1.59. The summed E-state index contributed by atoms with van der Waals surface area (Å²) in [6.45, 7) is 7.77. The number of hydrogen-bond donors (Lipinski definition) is 0. The van der Waals surface area contributed by atoms with Crippen LogP contribution < -0.4 is 9.64 Å². The van der Waals surface area contributed by atoms with Gasteiger partial charge in [-0.15, -0.1) is 0 Å². The Morgan fingerprint density at radius 2 is 1.52 bits per heavy atom. The zero-order valence-electron chi connectivity index (χ0n) is 17.9. The molecule has 1 aromatic rings. The molecular formula is C24H37N3O2. The van der Waals surface area contributed by atoms with Crippen molar-refractivity contribution < 1.29 is 9.53 Å². The quantitative estimate of drug-likeness (QED) is 0.621. The van der Waals surface area contributed by atoms with Gasteiger partial charge in [-0.05, 0) is 89.0 Å². The van der Waals surface area contributed by atoms with Gasteiger partial charge in [-0.25, -0.2) is 0 Å². The monoisotopic (exact) mass is 399 g/mol. The van der Waals surface area contributed by atoms with E-state index in [-0.39, 0.29) is 5.91 Å². The Bertz CT molecular complexity index is 636. The molecule has 0 bridgehead atoms. The molecule has 0 radical (unpaired) electrons. The van der Waals surface area contributed by atoms with Crippen molar-refractivity contribution in [2.24, 2.45) is 0 Å². The van der Waals surface area contributed by atoms with Crippen molar-refractivity contribution >= 4 is 11.6 Å². The van der Waals surface area contributed by atoms with E-state index in [0.29, 0.717) is 12.5 Å². The van der Waals surface area contributed by atoms with E-state index in [1.165, 1.54) is 64.7 Å². The minimum atomic E-state index is 0.266. The van der Waals surface area contributed by atoms with Crippen molar-refractivity contribution in [2.75, 3.05) is 50.8 Å². The summed E-state index contributed by atoms with van der Waals surface area (Å²) >= 11 is 0. The first-order valence-electron chi connectivity index (χ1n) is 11.8. The minimum Gasteiger partial charge on any atom is -0.494 e. The Labute approximate surface area is 176 Å². The van der Waals surface area contributed by atoms with Crippen molar-refractivity contribution in [3.8, 4) is 5.75 Å². The molecule has 3 saturated heterocycles. The predicted molar refractivity (Wildman–Crippen MR) is 118 cm³/mol. The standard InChI is InChI=1S/C24H37N3O2/c28-24-13-10-22(20-26-16-5-2-6-17-26)27(24)21-8-11-23(12-9-21)29-19-7-18-25-14-3-1-4-15-25/h8-9,11-12,22H,1-7,10,13-20H2/t22-/m1/s1. The molecule has 29 heavy (non-hydrogen) atoms. The van der Waals surface area contributed by atoms with E-state index >= 15 is 0 Å². The van der Waals surface area contributed by atoms with E-state index in [0.717, 1.165) is 44.0 Å². The van der Waals surface area contributed by atoms with Crippen LogP contribution in [0.25, 0.3) is 0 Å². The number of anilines is 1. The van der Waals surface area contributed by atoms with E-state index < -0.39 is 0 Å².